The summed E-state index contributed by atoms with van der Waals surface area (Å²) in [6.07, 6.45) is 1.85. The first kappa shape index (κ1) is 11.0. The van der Waals surface area contributed by atoms with Gasteiger partial charge in [0.2, 0.25) is 0 Å². The lowest BCUT2D eigenvalue weighted by Crippen LogP contribution is -2.01. The number of amidine groups is 1. The third-order valence-corrected chi connectivity index (χ3v) is 3.17. The third-order valence-electron chi connectivity index (χ3n) is 2.36. The molecule has 2 N–H and O–H groups in total. The lowest BCUT2D eigenvalue weighted by molar-refractivity contribution is -0.113. The van der Waals surface area contributed by atoms with Crippen LogP contribution in [0.25, 0.3) is 6.08 Å². The van der Waals surface area contributed by atoms with E-state index in [9.17, 15) is 4.79 Å². The van der Waals surface area contributed by atoms with E-state index in [1.54, 1.807) is 0 Å². The topological polar surface area (TPSA) is 55.4 Å². The summed E-state index contributed by atoms with van der Waals surface area (Å²) in [5.74, 6) is -0.247. The van der Waals surface area contributed by atoms with Crippen LogP contribution >= 0.6 is 11.8 Å². The zero-order chi connectivity index (χ0) is 11.7. The van der Waals surface area contributed by atoms with Crippen molar-refractivity contribution in [3.8, 4) is 0 Å². The number of amides is 1. The van der Waals surface area contributed by atoms with Gasteiger partial charge in [0, 0.05) is 0 Å². The molecule has 1 aromatic carbocycles. The lowest BCUT2D eigenvalue weighted by atomic mass is 10.1. The van der Waals surface area contributed by atoms with Crippen molar-refractivity contribution in [1.82, 2.24) is 0 Å². The van der Waals surface area contributed by atoms with Gasteiger partial charge in [0.25, 0.3) is 5.91 Å². The summed E-state index contributed by atoms with van der Waals surface area (Å²) >= 11 is 1.22. The SMILES string of the molecule is Cc1ccc(C)c(/C=C2\SC(N)=NC2=O)c1. The molecule has 1 heterocycles. The highest BCUT2D eigenvalue weighted by Crippen LogP contribution is 2.27. The molecular weight excluding hydrogens is 220 g/mol. The summed E-state index contributed by atoms with van der Waals surface area (Å²) in [5, 5.41) is 0.321. The van der Waals surface area contributed by atoms with Crippen molar-refractivity contribution in [3.05, 3.63) is 39.8 Å². The van der Waals surface area contributed by atoms with Crippen molar-refractivity contribution in [3.63, 3.8) is 0 Å². The van der Waals surface area contributed by atoms with Gasteiger partial charge in [-0.25, -0.2) is 0 Å². The van der Waals surface area contributed by atoms with E-state index in [1.807, 2.05) is 38.1 Å². The number of hydrogen-bond donors (Lipinski definition) is 1. The Morgan fingerprint density at radius 2 is 2.12 bits per heavy atom. The Morgan fingerprint density at radius 1 is 1.38 bits per heavy atom. The molecule has 0 fully saturated rings. The Kier molecular flexibility index (Phi) is 2.83. The monoisotopic (exact) mass is 232 g/mol. The predicted octanol–water partition coefficient (Wildman–Crippen LogP) is 2.23. The smallest absolute Gasteiger partial charge is 0.286 e. The molecule has 0 aliphatic carbocycles. The number of rotatable bonds is 1. The number of benzene rings is 1. The van der Waals surface area contributed by atoms with Crippen molar-refractivity contribution in [2.45, 2.75) is 13.8 Å². The Morgan fingerprint density at radius 3 is 2.75 bits per heavy atom. The molecule has 0 atom stereocenters. The molecule has 1 amide bonds. The maximum absolute atomic E-state index is 11.4. The average Bonchev–Trinajstić information content (AvgIpc) is 2.51. The van der Waals surface area contributed by atoms with Crippen molar-refractivity contribution >= 4 is 28.9 Å². The van der Waals surface area contributed by atoms with E-state index >= 15 is 0 Å². The minimum Gasteiger partial charge on any atom is -0.378 e. The minimum atomic E-state index is -0.247. The summed E-state index contributed by atoms with van der Waals surface area (Å²) in [6.45, 7) is 4.04. The number of aryl methyl sites for hydroxylation is 2. The highest BCUT2D eigenvalue weighted by molar-refractivity contribution is 8.18. The van der Waals surface area contributed by atoms with Crippen LogP contribution in [0.2, 0.25) is 0 Å². The van der Waals surface area contributed by atoms with Gasteiger partial charge in [-0.05, 0) is 42.8 Å². The molecule has 4 heteroatoms. The first-order valence-corrected chi connectivity index (χ1v) is 5.73. The molecule has 0 saturated carbocycles. The fourth-order valence-corrected chi connectivity index (χ4v) is 2.15. The second-order valence-electron chi connectivity index (χ2n) is 3.73. The summed E-state index contributed by atoms with van der Waals surface area (Å²) in [4.78, 5) is 15.7. The van der Waals surface area contributed by atoms with E-state index in [2.05, 4.69) is 4.99 Å². The van der Waals surface area contributed by atoms with Gasteiger partial charge < -0.3 is 5.73 Å². The standard InChI is InChI=1S/C12H12N2OS/c1-7-3-4-8(2)9(5-7)6-10-11(15)14-12(13)16-10/h3-6H,1-2H3,(H2,13,14,15)/b10-6-. The summed E-state index contributed by atoms with van der Waals surface area (Å²) in [7, 11) is 0. The first-order valence-electron chi connectivity index (χ1n) is 4.91. The molecule has 0 unspecified atom stereocenters. The summed E-state index contributed by atoms with van der Waals surface area (Å²) in [5.41, 5.74) is 8.84. The Labute approximate surface area is 98.4 Å². The fraction of sp³-hybridized carbons (Fsp3) is 0.167. The van der Waals surface area contributed by atoms with Gasteiger partial charge in [-0.1, -0.05) is 23.8 Å². The van der Waals surface area contributed by atoms with Crippen LogP contribution in [0.3, 0.4) is 0 Å². The molecule has 1 aromatic rings. The number of aliphatic imine (C=N–C) groups is 1. The number of nitrogens with zero attached hydrogens (tertiary/aromatic N) is 1. The van der Waals surface area contributed by atoms with E-state index in [0.29, 0.717) is 10.1 Å². The maximum atomic E-state index is 11.4. The number of carbonyl (C=O) groups is 1. The van der Waals surface area contributed by atoms with E-state index in [-0.39, 0.29) is 5.91 Å². The van der Waals surface area contributed by atoms with Crippen LogP contribution in [-0.4, -0.2) is 11.1 Å². The molecule has 0 spiro atoms. The molecule has 0 saturated heterocycles. The van der Waals surface area contributed by atoms with Crippen LogP contribution in [0.5, 0.6) is 0 Å². The van der Waals surface area contributed by atoms with E-state index in [0.717, 1.165) is 11.1 Å². The van der Waals surface area contributed by atoms with Crippen LogP contribution in [0.15, 0.2) is 28.1 Å². The summed E-state index contributed by atoms with van der Waals surface area (Å²) in [6, 6.07) is 6.13. The Bertz CT molecular complexity index is 518. The quantitative estimate of drug-likeness (QED) is 0.755. The fourth-order valence-electron chi connectivity index (χ4n) is 1.48. The zero-order valence-corrected chi connectivity index (χ0v) is 9.97. The van der Waals surface area contributed by atoms with Gasteiger partial charge in [-0.2, -0.15) is 4.99 Å². The van der Waals surface area contributed by atoms with Gasteiger partial charge in [-0.15, -0.1) is 0 Å². The third kappa shape index (κ3) is 2.17. The van der Waals surface area contributed by atoms with Crippen LogP contribution in [-0.2, 0) is 4.79 Å². The van der Waals surface area contributed by atoms with E-state index < -0.39 is 0 Å². The van der Waals surface area contributed by atoms with Gasteiger partial charge in [-0.3, -0.25) is 4.79 Å². The zero-order valence-electron chi connectivity index (χ0n) is 9.15. The number of carbonyl (C=O) groups excluding carboxylic acids is 1. The van der Waals surface area contributed by atoms with Gasteiger partial charge in [0.1, 0.15) is 0 Å². The molecule has 82 valence electrons. The lowest BCUT2D eigenvalue weighted by Gasteiger charge is -2.02. The first-order chi connectivity index (χ1) is 7.56. The molecule has 1 aliphatic heterocycles. The van der Waals surface area contributed by atoms with Gasteiger partial charge in [0.05, 0.1) is 4.91 Å². The largest absolute Gasteiger partial charge is 0.378 e. The molecule has 2 rings (SSSR count). The second kappa shape index (κ2) is 4.14. The highest BCUT2D eigenvalue weighted by Gasteiger charge is 2.19. The van der Waals surface area contributed by atoms with E-state index in [1.165, 1.54) is 17.3 Å². The molecule has 1 aliphatic rings. The maximum Gasteiger partial charge on any atom is 0.286 e. The number of hydrogen-bond acceptors (Lipinski definition) is 3. The molecule has 0 radical (unpaired) electrons. The molecular formula is C12H12N2OS. The van der Waals surface area contributed by atoms with Crippen LogP contribution in [0.1, 0.15) is 16.7 Å². The van der Waals surface area contributed by atoms with Crippen LogP contribution in [0, 0.1) is 13.8 Å². The molecule has 16 heavy (non-hydrogen) atoms. The predicted molar refractivity (Wildman–Crippen MR) is 68.1 cm³/mol. The van der Waals surface area contributed by atoms with Gasteiger partial charge in [0.15, 0.2) is 5.17 Å². The summed E-state index contributed by atoms with van der Waals surface area (Å²) < 4.78 is 0. The van der Waals surface area contributed by atoms with Crippen molar-refractivity contribution in [2.75, 3.05) is 0 Å². The second-order valence-corrected chi connectivity index (χ2v) is 4.79. The molecule has 3 nitrogen and oxygen atoms in total. The van der Waals surface area contributed by atoms with Crippen LogP contribution < -0.4 is 5.73 Å². The average molecular weight is 232 g/mol. The van der Waals surface area contributed by atoms with E-state index in [4.69, 9.17) is 5.73 Å². The molecule has 0 bridgehead atoms. The van der Waals surface area contributed by atoms with Crippen LogP contribution in [0.4, 0.5) is 0 Å². The molecule has 0 aromatic heterocycles. The van der Waals surface area contributed by atoms with Crippen molar-refractivity contribution < 1.29 is 4.79 Å². The minimum absolute atomic E-state index is 0.247. The number of thioether (sulfide) groups is 1. The number of nitrogens with two attached hydrogens (primary N) is 1. The van der Waals surface area contributed by atoms with Crippen molar-refractivity contribution in [1.29, 1.82) is 0 Å². The Hall–Kier alpha value is -1.55. The van der Waals surface area contributed by atoms with Gasteiger partial charge >= 0.3 is 0 Å². The highest BCUT2D eigenvalue weighted by atomic mass is 32.2. The Balaban J connectivity index is 2.37. The normalized spacial score (nSPS) is 18.0. The van der Waals surface area contributed by atoms with Crippen molar-refractivity contribution in [2.24, 2.45) is 10.7 Å².